The molecule has 0 aliphatic heterocycles. The summed E-state index contributed by atoms with van der Waals surface area (Å²) in [6, 6.07) is 5.62. The van der Waals surface area contributed by atoms with E-state index in [1.165, 1.54) is 30.1 Å². The van der Waals surface area contributed by atoms with E-state index in [2.05, 4.69) is 20.5 Å². The number of hydrogen-bond acceptors (Lipinski definition) is 8. The molecular weight excluding hydrogens is 346 g/mol. The first-order valence-corrected chi connectivity index (χ1v) is 8.08. The minimum atomic E-state index is -0.703. The van der Waals surface area contributed by atoms with Crippen LogP contribution in [0.1, 0.15) is 17.0 Å². The van der Waals surface area contributed by atoms with E-state index in [0.29, 0.717) is 10.7 Å². The van der Waals surface area contributed by atoms with E-state index in [9.17, 15) is 20.0 Å². The van der Waals surface area contributed by atoms with Crippen LogP contribution in [-0.4, -0.2) is 37.9 Å². The Labute approximate surface area is 147 Å². The molecule has 10 heteroatoms. The number of aryl methyl sites for hydroxylation is 2. The van der Waals surface area contributed by atoms with Gasteiger partial charge in [-0.3, -0.25) is 14.9 Å². The van der Waals surface area contributed by atoms with E-state index < -0.39 is 16.4 Å². The topological polar surface area (TPSA) is 131 Å². The zero-order valence-electron chi connectivity index (χ0n) is 13.5. The average Bonchev–Trinajstić information content (AvgIpc) is 2.53. The molecule has 9 nitrogen and oxygen atoms in total. The van der Waals surface area contributed by atoms with E-state index >= 15 is 0 Å². The van der Waals surface area contributed by atoms with Crippen LogP contribution in [0.2, 0.25) is 0 Å². The van der Waals surface area contributed by atoms with E-state index in [4.69, 9.17) is 0 Å². The molecule has 0 radical (unpaired) electrons. The highest BCUT2D eigenvalue weighted by Crippen LogP contribution is 2.25. The zero-order chi connectivity index (χ0) is 18.4. The van der Waals surface area contributed by atoms with Crippen LogP contribution in [0.25, 0.3) is 0 Å². The number of aromatic nitrogens is 2. The third-order valence-corrected chi connectivity index (χ3v) is 3.74. The maximum atomic E-state index is 11.8. The van der Waals surface area contributed by atoms with Gasteiger partial charge in [-0.25, -0.2) is 15.4 Å². The quantitative estimate of drug-likeness (QED) is 0.264. The molecule has 0 aliphatic rings. The van der Waals surface area contributed by atoms with Crippen LogP contribution in [0.15, 0.2) is 34.5 Å². The predicted molar refractivity (Wildman–Crippen MR) is 92.7 cm³/mol. The van der Waals surface area contributed by atoms with Crippen molar-refractivity contribution >= 4 is 29.6 Å². The molecule has 0 fully saturated rings. The molecular formula is C15H15N5O4S. The Morgan fingerprint density at radius 3 is 2.68 bits per heavy atom. The summed E-state index contributed by atoms with van der Waals surface area (Å²) in [5, 5.41) is 24.3. The molecule has 2 N–H and O–H groups in total. The standard InChI is InChI=1S/C15H15N5O4S/c1-9-5-10(2)18-15(17-9)25-8-14(22)19-16-7-11-3-4-13(21)12(6-11)20(23)24/h3-7,21H,8H2,1-2H3,(H,19,22)/b16-7+. The summed E-state index contributed by atoms with van der Waals surface area (Å²) >= 11 is 1.18. The second kappa shape index (κ2) is 8.20. The van der Waals surface area contributed by atoms with Crippen LogP contribution >= 0.6 is 11.8 Å². The number of phenolic OH excluding ortho intramolecular Hbond substituents is 1. The summed E-state index contributed by atoms with van der Waals surface area (Å²) in [5.74, 6) is -0.719. The lowest BCUT2D eigenvalue weighted by molar-refractivity contribution is -0.385. The van der Waals surface area contributed by atoms with Crippen molar-refractivity contribution in [3.05, 3.63) is 51.3 Å². The second-order valence-corrected chi connectivity index (χ2v) is 5.96. The Morgan fingerprint density at radius 1 is 1.36 bits per heavy atom. The number of carbonyl (C=O) groups excluding carboxylic acids is 1. The van der Waals surface area contributed by atoms with Crippen LogP contribution in [0.5, 0.6) is 5.75 Å². The normalized spacial score (nSPS) is 10.8. The summed E-state index contributed by atoms with van der Waals surface area (Å²) in [6.45, 7) is 3.69. The van der Waals surface area contributed by atoms with Crippen molar-refractivity contribution in [1.29, 1.82) is 0 Å². The van der Waals surface area contributed by atoms with E-state index in [0.717, 1.165) is 17.5 Å². The maximum absolute atomic E-state index is 11.8. The van der Waals surface area contributed by atoms with Crippen LogP contribution in [0, 0.1) is 24.0 Å². The average molecular weight is 361 g/mol. The zero-order valence-corrected chi connectivity index (χ0v) is 14.3. The van der Waals surface area contributed by atoms with Crippen molar-refractivity contribution in [3.8, 4) is 5.75 Å². The molecule has 0 saturated heterocycles. The maximum Gasteiger partial charge on any atom is 0.311 e. The van der Waals surface area contributed by atoms with Crippen molar-refractivity contribution in [2.75, 3.05) is 5.75 Å². The molecule has 1 amide bonds. The van der Waals surface area contributed by atoms with Gasteiger partial charge in [-0.15, -0.1) is 0 Å². The third kappa shape index (κ3) is 5.53. The fraction of sp³-hybridized carbons (Fsp3) is 0.200. The van der Waals surface area contributed by atoms with Gasteiger partial charge >= 0.3 is 5.69 Å². The number of phenols is 1. The lowest BCUT2D eigenvalue weighted by Crippen LogP contribution is -2.19. The number of benzene rings is 1. The van der Waals surface area contributed by atoms with Gasteiger partial charge in [0.15, 0.2) is 10.9 Å². The van der Waals surface area contributed by atoms with Gasteiger partial charge in [0.05, 0.1) is 16.9 Å². The molecule has 0 aliphatic carbocycles. The van der Waals surface area contributed by atoms with E-state index in [-0.39, 0.29) is 11.7 Å². The number of rotatable bonds is 6. The monoisotopic (exact) mass is 361 g/mol. The van der Waals surface area contributed by atoms with Crippen LogP contribution in [-0.2, 0) is 4.79 Å². The van der Waals surface area contributed by atoms with Gasteiger partial charge in [-0.05, 0) is 32.0 Å². The molecule has 1 aromatic heterocycles. The smallest absolute Gasteiger partial charge is 0.311 e. The molecule has 0 saturated carbocycles. The Kier molecular flexibility index (Phi) is 6.01. The summed E-state index contributed by atoms with van der Waals surface area (Å²) in [6.07, 6.45) is 1.25. The molecule has 130 valence electrons. The van der Waals surface area contributed by atoms with Crippen LogP contribution in [0.3, 0.4) is 0 Å². The van der Waals surface area contributed by atoms with Gasteiger partial charge < -0.3 is 5.11 Å². The first kappa shape index (κ1) is 18.3. The lowest BCUT2D eigenvalue weighted by atomic mass is 10.2. The van der Waals surface area contributed by atoms with E-state index in [1.807, 2.05) is 19.9 Å². The molecule has 0 atom stereocenters. The lowest BCUT2D eigenvalue weighted by Gasteiger charge is -2.02. The number of amides is 1. The minimum absolute atomic E-state index is 0.0793. The first-order valence-electron chi connectivity index (χ1n) is 7.09. The summed E-state index contributed by atoms with van der Waals surface area (Å²) < 4.78 is 0. The summed E-state index contributed by atoms with van der Waals surface area (Å²) in [4.78, 5) is 30.2. The van der Waals surface area contributed by atoms with Crippen molar-refractivity contribution in [3.63, 3.8) is 0 Å². The highest BCUT2D eigenvalue weighted by Gasteiger charge is 2.12. The highest BCUT2D eigenvalue weighted by atomic mass is 32.2. The van der Waals surface area contributed by atoms with Crippen LogP contribution < -0.4 is 5.43 Å². The minimum Gasteiger partial charge on any atom is -0.502 e. The van der Waals surface area contributed by atoms with Gasteiger partial charge in [0.1, 0.15) is 0 Å². The van der Waals surface area contributed by atoms with Crippen molar-refractivity contribution in [2.24, 2.45) is 5.10 Å². The van der Waals surface area contributed by atoms with Gasteiger partial charge in [0.2, 0.25) is 0 Å². The number of nitro benzene ring substituents is 1. The Hall–Kier alpha value is -3.01. The van der Waals surface area contributed by atoms with Gasteiger partial charge in [-0.2, -0.15) is 5.10 Å². The van der Waals surface area contributed by atoms with Crippen molar-refractivity contribution < 1.29 is 14.8 Å². The van der Waals surface area contributed by atoms with Gasteiger partial charge in [-0.1, -0.05) is 11.8 Å². The molecule has 2 aromatic rings. The first-order chi connectivity index (χ1) is 11.8. The number of nitro groups is 1. The van der Waals surface area contributed by atoms with Crippen molar-refractivity contribution in [1.82, 2.24) is 15.4 Å². The van der Waals surface area contributed by atoms with E-state index in [1.54, 1.807) is 0 Å². The Balaban J connectivity index is 1.90. The fourth-order valence-corrected chi connectivity index (χ4v) is 2.61. The largest absolute Gasteiger partial charge is 0.502 e. The summed E-state index contributed by atoms with van der Waals surface area (Å²) in [7, 11) is 0. The number of hydrazone groups is 1. The molecule has 0 bridgehead atoms. The number of hydrogen-bond donors (Lipinski definition) is 2. The third-order valence-electron chi connectivity index (χ3n) is 2.89. The Bertz CT molecular complexity index is 820. The predicted octanol–water partition coefficient (Wildman–Crippen LogP) is 1.95. The highest BCUT2D eigenvalue weighted by molar-refractivity contribution is 7.99. The fourth-order valence-electron chi connectivity index (χ4n) is 1.87. The molecule has 0 unspecified atom stereocenters. The SMILES string of the molecule is Cc1cc(C)nc(SCC(=O)N/N=C/c2ccc(O)c([N+](=O)[O-])c2)n1. The van der Waals surface area contributed by atoms with Crippen LogP contribution in [0.4, 0.5) is 5.69 Å². The molecule has 1 aromatic carbocycles. The van der Waals surface area contributed by atoms with Gasteiger partial charge in [0, 0.05) is 23.0 Å². The molecule has 0 spiro atoms. The number of thioether (sulfide) groups is 1. The molecule has 25 heavy (non-hydrogen) atoms. The summed E-state index contributed by atoms with van der Waals surface area (Å²) in [5.41, 5.74) is 3.90. The van der Waals surface area contributed by atoms with Gasteiger partial charge in [0.25, 0.3) is 5.91 Å². The number of aromatic hydroxyl groups is 1. The molecule has 1 heterocycles. The number of nitrogens with zero attached hydrogens (tertiary/aromatic N) is 4. The van der Waals surface area contributed by atoms with Crippen molar-refractivity contribution in [2.45, 2.75) is 19.0 Å². The second-order valence-electron chi connectivity index (χ2n) is 5.02. The number of nitrogens with one attached hydrogen (secondary N) is 1. The number of carbonyl (C=O) groups is 1. The molecule has 2 rings (SSSR count). The Morgan fingerprint density at radius 2 is 2.04 bits per heavy atom.